The Labute approximate surface area is 145 Å². The highest BCUT2D eigenvalue weighted by molar-refractivity contribution is 5.99. The van der Waals surface area contributed by atoms with Crippen molar-refractivity contribution >= 4 is 5.91 Å². The SMILES string of the molecule is COCCCNC(=O)c1cn(C)cc2c(=O)n(-c3ccccc3)nc1-2. The predicted molar refractivity (Wildman–Crippen MR) is 94.3 cm³/mol. The predicted octanol–water partition coefficient (Wildman–Crippen LogP) is 1.44. The lowest BCUT2D eigenvalue weighted by Crippen LogP contribution is -2.26. The molecule has 1 aromatic carbocycles. The number of hydrogen-bond acceptors (Lipinski definition) is 4. The molecule has 0 aromatic heterocycles. The van der Waals surface area contributed by atoms with Crippen LogP contribution < -0.4 is 10.9 Å². The molecule has 1 aromatic rings. The van der Waals surface area contributed by atoms with Crippen LogP contribution >= 0.6 is 0 Å². The van der Waals surface area contributed by atoms with E-state index in [1.165, 1.54) is 4.68 Å². The lowest BCUT2D eigenvalue weighted by molar-refractivity contribution is 0.0948. The highest BCUT2D eigenvalue weighted by atomic mass is 16.5. The van der Waals surface area contributed by atoms with Crippen molar-refractivity contribution in [2.24, 2.45) is 7.05 Å². The minimum Gasteiger partial charge on any atom is -0.385 e. The third kappa shape index (κ3) is 3.46. The van der Waals surface area contributed by atoms with Crippen LogP contribution in [0.2, 0.25) is 0 Å². The first-order valence-electron chi connectivity index (χ1n) is 8.03. The van der Waals surface area contributed by atoms with E-state index in [1.807, 2.05) is 18.2 Å². The molecule has 0 spiro atoms. The number of aromatic nitrogens is 3. The van der Waals surface area contributed by atoms with Gasteiger partial charge in [-0.1, -0.05) is 18.2 Å². The summed E-state index contributed by atoms with van der Waals surface area (Å²) >= 11 is 0. The number of nitrogens with zero attached hydrogens (tertiary/aromatic N) is 3. The van der Waals surface area contributed by atoms with Gasteiger partial charge in [0.15, 0.2) is 0 Å². The number of benzene rings is 1. The summed E-state index contributed by atoms with van der Waals surface area (Å²) in [4.78, 5) is 25.2. The summed E-state index contributed by atoms with van der Waals surface area (Å²) in [5.41, 5.74) is 1.61. The Kier molecular flexibility index (Phi) is 4.95. The Morgan fingerprint density at radius 3 is 2.72 bits per heavy atom. The zero-order chi connectivity index (χ0) is 17.8. The van der Waals surface area contributed by atoms with Crippen molar-refractivity contribution in [3.8, 4) is 16.9 Å². The minimum absolute atomic E-state index is 0.245. The zero-order valence-corrected chi connectivity index (χ0v) is 14.2. The molecule has 0 fully saturated rings. The van der Waals surface area contributed by atoms with Crippen molar-refractivity contribution < 1.29 is 9.53 Å². The van der Waals surface area contributed by atoms with Crippen LogP contribution in [0.15, 0.2) is 47.5 Å². The third-order valence-corrected chi connectivity index (χ3v) is 3.85. The van der Waals surface area contributed by atoms with Gasteiger partial charge in [0, 0.05) is 39.7 Å². The maximum atomic E-state index is 12.7. The van der Waals surface area contributed by atoms with Crippen molar-refractivity contribution in [1.29, 1.82) is 0 Å². The van der Waals surface area contributed by atoms with Gasteiger partial charge in [-0.2, -0.15) is 9.78 Å². The van der Waals surface area contributed by atoms with Crippen molar-refractivity contribution in [1.82, 2.24) is 19.7 Å². The molecule has 7 nitrogen and oxygen atoms in total. The molecular weight excluding hydrogens is 320 g/mol. The molecule has 1 amide bonds. The van der Waals surface area contributed by atoms with Gasteiger partial charge in [-0.05, 0) is 18.6 Å². The number of amides is 1. The normalized spacial score (nSPS) is 11.0. The average Bonchev–Trinajstić information content (AvgIpc) is 2.95. The summed E-state index contributed by atoms with van der Waals surface area (Å²) in [7, 11) is 3.40. The van der Waals surface area contributed by atoms with E-state index in [4.69, 9.17) is 4.74 Å². The smallest absolute Gasteiger partial charge is 0.282 e. The van der Waals surface area contributed by atoms with Gasteiger partial charge in [-0.25, -0.2) is 0 Å². The molecule has 0 atom stereocenters. The maximum Gasteiger partial charge on any atom is 0.282 e. The van der Waals surface area contributed by atoms with Crippen LogP contribution in [0.4, 0.5) is 0 Å². The van der Waals surface area contributed by atoms with Crippen LogP contribution in [0.3, 0.4) is 0 Å². The second kappa shape index (κ2) is 7.31. The van der Waals surface area contributed by atoms with E-state index < -0.39 is 0 Å². The average molecular weight is 340 g/mol. The molecule has 1 N–H and O–H groups in total. The van der Waals surface area contributed by atoms with Crippen LogP contribution in [-0.2, 0) is 11.8 Å². The molecule has 25 heavy (non-hydrogen) atoms. The van der Waals surface area contributed by atoms with Crippen molar-refractivity contribution in [3.63, 3.8) is 0 Å². The lowest BCUT2D eigenvalue weighted by Gasteiger charge is -2.09. The molecule has 0 unspecified atom stereocenters. The minimum atomic E-state index is -0.255. The van der Waals surface area contributed by atoms with Gasteiger partial charge >= 0.3 is 0 Å². The van der Waals surface area contributed by atoms with Crippen LogP contribution in [0.5, 0.6) is 0 Å². The molecule has 2 aliphatic heterocycles. The fourth-order valence-electron chi connectivity index (χ4n) is 2.66. The highest BCUT2D eigenvalue weighted by Crippen LogP contribution is 2.21. The third-order valence-electron chi connectivity index (χ3n) is 3.85. The highest BCUT2D eigenvalue weighted by Gasteiger charge is 2.23. The summed E-state index contributed by atoms with van der Waals surface area (Å²) in [6.45, 7) is 1.07. The number of methoxy groups -OCH3 is 1. The van der Waals surface area contributed by atoms with E-state index >= 15 is 0 Å². The molecule has 0 bridgehead atoms. The fourth-order valence-corrected chi connectivity index (χ4v) is 2.66. The first-order chi connectivity index (χ1) is 12.1. The Morgan fingerprint density at radius 2 is 2.00 bits per heavy atom. The maximum absolute atomic E-state index is 12.7. The van der Waals surface area contributed by atoms with Gasteiger partial charge in [0.05, 0.1) is 16.8 Å². The van der Waals surface area contributed by atoms with Gasteiger partial charge in [-0.3, -0.25) is 9.59 Å². The first kappa shape index (κ1) is 16.9. The van der Waals surface area contributed by atoms with Crippen molar-refractivity contribution in [3.05, 3.63) is 58.6 Å². The summed E-state index contributed by atoms with van der Waals surface area (Å²) in [5.74, 6) is -0.255. The Bertz CT molecular complexity index is 899. The second-order valence-electron chi connectivity index (χ2n) is 5.75. The summed E-state index contributed by atoms with van der Waals surface area (Å²) in [5, 5.41) is 7.23. The number of aryl methyl sites for hydroxylation is 1. The van der Waals surface area contributed by atoms with E-state index in [-0.39, 0.29) is 11.5 Å². The lowest BCUT2D eigenvalue weighted by atomic mass is 10.1. The number of rotatable bonds is 6. The van der Waals surface area contributed by atoms with E-state index in [1.54, 1.807) is 43.3 Å². The molecule has 130 valence electrons. The molecule has 7 heteroatoms. The summed E-state index contributed by atoms with van der Waals surface area (Å²) in [6.07, 6.45) is 4.08. The van der Waals surface area contributed by atoms with Crippen molar-refractivity contribution in [2.45, 2.75) is 6.42 Å². The van der Waals surface area contributed by atoms with Gasteiger partial charge in [0.1, 0.15) is 5.69 Å². The van der Waals surface area contributed by atoms with Crippen LogP contribution in [0.1, 0.15) is 16.8 Å². The quantitative estimate of drug-likeness (QED) is 0.689. The topological polar surface area (TPSA) is 78.1 Å². The molecule has 0 saturated heterocycles. The number of fused-ring (bicyclic) bond motifs is 1. The molecule has 0 radical (unpaired) electrons. The van der Waals surface area contributed by atoms with Crippen molar-refractivity contribution in [2.75, 3.05) is 20.3 Å². The number of nitrogens with one attached hydrogen (secondary N) is 1. The number of carbonyl (C=O) groups is 1. The van der Waals surface area contributed by atoms with E-state index in [0.29, 0.717) is 35.7 Å². The Balaban J connectivity index is 2.00. The number of pyridine rings is 1. The molecule has 3 rings (SSSR count). The van der Waals surface area contributed by atoms with Gasteiger partial charge in [-0.15, -0.1) is 0 Å². The van der Waals surface area contributed by atoms with Gasteiger partial charge in [0.25, 0.3) is 11.5 Å². The van der Waals surface area contributed by atoms with E-state index in [2.05, 4.69) is 10.4 Å². The molecule has 2 heterocycles. The number of para-hydroxylation sites is 1. The number of carbonyl (C=O) groups excluding carboxylic acids is 1. The van der Waals surface area contributed by atoms with Crippen LogP contribution in [0, 0.1) is 0 Å². The standard InChI is InChI=1S/C18H20N4O3/c1-21-11-14(17(23)19-9-6-10-25-2)16-15(12-21)18(24)22(20-16)13-7-4-3-5-8-13/h3-5,7-8,11-12H,6,9-10H2,1-2H3,(H,19,23). The monoisotopic (exact) mass is 340 g/mol. The van der Waals surface area contributed by atoms with Crippen LogP contribution in [0.25, 0.3) is 16.9 Å². The number of ether oxygens (including phenoxy) is 1. The molecule has 0 aliphatic carbocycles. The molecular formula is C18H20N4O3. The number of hydrogen-bond donors (Lipinski definition) is 1. The largest absolute Gasteiger partial charge is 0.385 e. The summed E-state index contributed by atoms with van der Waals surface area (Å²) in [6, 6.07) is 9.15. The molecule has 2 aliphatic rings. The van der Waals surface area contributed by atoms with Gasteiger partial charge in [0.2, 0.25) is 0 Å². The van der Waals surface area contributed by atoms with Crippen LogP contribution in [-0.4, -0.2) is 40.5 Å². The summed E-state index contributed by atoms with van der Waals surface area (Å²) < 4.78 is 8.00. The molecule has 0 saturated carbocycles. The first-order valence-corrected chi connectivity index (χ1v) is 8.03. The van der Waals surface area contributed by atoms with E-state index in [0.717, 1.165) is 6.42 Å². The Hall–Kier alpha value is -2.93. The zero-order valence-electron chi connectivity index (χ0n) is 14.2. The second-order valence-corrected chi connectivity index (χ2v) is 5.75. The Morgan fingerprint density at radius 1 is 1.24 bits per heavy atom. The van der Waals surface area contributed by atoms with E-state index in [9.17, 15) is 9.59 Å². The fraction of sp³-hybridized carbons (Fsp3) is 0.278. The van der Waals surface area contributed by atoms with Gasteiger partial charge < -0.3 is 14.6 Å².